The van der Waals surface area contributed by atoms with Crippen LogP contribution < -0.4 is 14.8 Å². The molecule has 0 atom stereocenters. The molecule has 0 spiro atoms. The second-order valence-electron chi connectivity index (χ2n) is 4.58. The van der Waals surface area contributed by atoms with E-state index in [4.69, 9.17) is 25.8 Å². The third-order valence-corrected chi connectivity index (χ3v) is 2.78. The lowest BCUT2D eigenvalue weighted by molar-refractivity contribution is 0.118. The lowest BCUT2D eigenvalue weighted by Gasteiger charge is -2.14. The predicted octanol–water partition coefficient (Wildman–Crippen LogP) is 3.44. The number of halogens is 1. The molecule has 5 heteroatoms. The van der Waals surface area contributed by atoms with E-state index >= 15 is 0 Å². The Morgan fingerprint density at radius 3 is 2.42 bits per heavy atom. The van der Waals surface area contributed by atoms with Crippen molar-refractivity contribution >= 4 is 17.3 Å². The van der Waals surface area contributed by atoms with Gasteiger partial charge in [-0.2, -0.15) is 0 Å². The first-order valence-corrected chi connectivity index (χ1v) is 6.69. The van der Waals surface area contributed by atoms with Crippen molar-refractivity contribution in [2.45, 2.75) is 13.8 Å². The molecule has 4 nitrogen and oxygen atoms in total. The smallest absolute Gasteiger partial charge is 0.143 e. The third kappa shape index (κ3) is 5.17. The van der Waals surface area contributed by atoms with E-state index in [1.807, 2.05) is 6.07 Å². The number of anilines is 1. The Labute approximate surface area is 120 Å². The number of benzene rings is 1. The highest BCUT2D eigenvalue weighted by atomic mass is 35.5. The molecule has 0 bridgehead atoms. The molecule has 0 unspecified atom stereocenters. The van der Waals surface area contributed by atoms with E-state index in [-0.39, 0.29) is 0 Å². The first-order valence-electron chi connectivity index (χ1n) is 6.31. The monoisotopic (exact) mass is 287 g/mol. The third-order valence-electron chi connectivity index (χ3n) is 2.49. The van der Waals surface area contributed by atoms with Crippen molar-refractivity contribution in [3.63, 3.8) is 0 Å². The van der Waals surface area contributed by atoms with Crippen LogP contribution in [0.25, 0.3) is 0 Å². The van der Waals surface area contributed by atoms with Crippen molar-refractivity contribution in [2.75, 3.05) is 39.3 Å². The second kappa shape index (κ2) is 8.12. The molecule has 0 aliphatic rings. The highest BCUT2D eigenvalue weighted by Gasteiger charge is 2.09. The van der Waals surface area contributed by atoms with Crippen molar-refractivity contribution in [2.24, 2.45) is 5.92 Å². The van der Waals surface area contributed by atoms with E-state index in [0.717, 1.165) is 12.3 Å². The van der Waals surface area contributed by atoms with Gasteiger partial charge in [-0.25, -0.2) is 0 Å². The maximum Gasteiger partial charge on any atom is 0.143 e. The first-order chi connectivity index (χ1) is 9.08. The summed E-state index contributed by atoms with van der Waals surface area (Å²) >= 11 is 6.04. The van der Waals surface area contributed by atoms with Crippen LogP contribution >= 0.6 is 11.6 Å². The van der Waals surface area contributed by atoms with Gasteiger partial charge in [0.1, 0.15) is 11.5 Å². The minimum Gasteiger partial charge on any atom is -0.495 e. The number of methoxy groups -OCH3 is 2. The molecular weight excluding hydrogens is 266 g/mol. The number of hydrogen-bond donors (Lipinski definition) is 1. The van der Waals surface area contributed by atoms with Gasteiger partial charge >= 0.3 is 0 Å². The van der Waals surface area contributed by atoms with Crippen molar-refractivity contribution in [1.82, 2.24) is 0 Å². The van der Waals surface area contributed by atoms with Crippen molar-refractivity contribution in [3.05, 3.63) is 17.2 Å². The topological polar surface area (TPSA) is 39.7 Å². The molecule has 0 amide bonds. The molecule has 0 aliphatic heterocycles. The minimum absolute atomic E-state index is 0.529. The molecule has 0 fully saturated rings. The van der Waals surface area contributed by atoms with Crippen LogP contribution in [0, 0.1) is 5.92 Å². The quantitative estimate of drug-likeness (QED) is 0.744. The van der Waals surface area contributed by atoms with Crippen molar-refractivity contribution < 1.29 is 14.2 Å². The zero-order chi connectivity index (χ0) is 14.3. The summed E-state index contributed by atoms with van der Waals surface area (Å²) in [7, 11) is 3.20. The fourth-order valence-corrected chi connectivity index (χ4v) is 1.81. The van der Waals surface area contributed by atoms with Crippen LogP contribution in [0.3, 0.4) is 0 Å². The molecule has 1 rings (SSSR count). The lowest BCUT2D eigenvalue weighted by Crippen LogP contribution is -2.12. The summed E-state index contributed by atoms with van der Waals surface area (Å²) in [6.07, 6.45) is 0. The summed E-state index contributed by atoms with van der Waals surface area (Å²) in [5, 5.41) is 3.78. The predicted molar refractivity (Wildman–Crippen MR) is 78.7 cm³/mol. The summed E-state index contributed by atoms with van der Waals surface area (Å²) in [5.41, 5.74) is 0.844. The maximum atomic E-state index is 6.04. The van der Waals surface area contributed by atoms with Crippen LogP contribution in [0.4, 0.5) is 5.69 Å². The first kappa shape index (κ1) is 15.9. The van der Waals surface area contributed by atoms with Crippen LogP contribution in [-0.4, -0.2) is 34.0 Å². The van der Waals surface area contributed by atoms with E-state index in [0.29, 0.717) is 35.6 Å². The van der Waals surface area contributed by atoms with Gasteiger partial charge in [-0.1, -0.05) is 25.4 Å². The van der Waals surface area contributed by atoms with Crippen molar-refractivity contribution in [3.8, 4) is 11.5 Å². The van der Waals surface area contributed by atoms with Gasteiger partial charge in [-0.3, -0.25) is 0 Å². The molecule has 0 aliphatic carbocycles. The zero-order valence-corrected chi connectivity index (χ0v) is 12.7. The Hall–Kier alpha value is -1.13. The highest BCUT2D eigenvalue weighted by molar-refractivity contribution is 6.32. The van der Waals surface area contributed by atoms with E-state index in [9.17, 15) is 0 Å². The van der Waals surface area contributed by atoms with Crippen LogP contribution in [0.2, 0.25) is 5.02 Å². The molecule has 1 aromatic carbocycles. The molecule has 0 saturated heterocycles. The number of ether oxygens (including phenoxy) is 3. The summed E-state index contributed by atoms with van der Waals surface area (Å²) in [5.74, 6) is 1.85. The van der Waals surface area contributed by atoms with E-state index in [1.54, 1.807) is 20.3 Å². The fraction of sp³-hybridized carbons (Fsp3) is 0.571. The zero-order valence-electron chi connectivity index (χ0n) is 12.0. The summed E-state index contributed by atoms with van der Waals surface area (Å²) in [6.45, 7) is 6.37. The van der Waals surface area contributed by atoms with Gasteiger partial charge in [0, 0.05) is 25.3 Å². The fourth-order valence-electron chi connectivity index (χ4n) is 1.58. The van der Waals surface area contributed by atoms with Crippen LogP contribution in [-0.2, 0) is 4.74 Å². The van der Waals surface area contributed by atoms with E-state index in [2.05, 4.69) is 19.2 Å². The SMILES string of the molecule is COc1cc(NCCOCC(C)C)c(OC)cc1Cl. The molecular formula is C14H22ClNO3. The van der Waals surface area contributed by atoms with Gasteiger partial charge in [0.25, 0.3) is 0 Å². The summed E-state index contributed by atoms with van der Waals surface area (Å²) in [6, 6.07) is 3.56. The molecule has 19 heavy (non-hydrogen) atoms. The van der Waals surface area contributed by atoms with Gasteiger partial charge in [-0.05, 0) is 5.92 Å². The highest BCUT2D eigenvalue weighted by Crippen LogP contribution is 2.35. The van der Waals surface area contributed by atoms with Gasteiger partial charge in [-0.15, -0.1) is 0 Å². The van der Waals surface area contributed by atoms with Gasteiger partial charge in [0.05, 0.1) is 31.5 Å². The van der Waals surface area contributed by atoms with Crippen LogP contribution in [0.15, 0.2) is 12.1 Å². The largest absolute Gasteiger partial charge is 0.495 e. The summed E-state index contributed by atoms with van der Waals surface area (Å²) in [4.78, 5) is 0. The molecule has 0 heterocycles. The Bertz CT molecular complexity index is 397. The second-order valence-corrected chi connectivity index (χ2v) is 4.99. The van der Waals surface area contributed by atoms with Crippen LogP contribution in [0.1, 0.15) is 13.8 Å². The average molecular weight is 288 g/mol. The number of rotatable bonds is 8. The van der Waals surface area contributed by atoms with Gasteiger partial charge < -0.3 is 19.5 Å². The standard InChI is InChI=1S/C14H22ClNO3/c1-10(2)9-19-6-5-16-12-8-13(17-3)11(15)7-14(12)18-4/h7-8,10,16H,5-6,9H2,1-4H3. The molecule has 0 radical (unpaired) electrons. The maximum absolute atomic E-state index is 6.04. The Morgan fingerprint density at radius 2 is 1.84 bits per heavy atom. The number of hydrogen-bond acceptors (Lipinski definition) is 4. The Morgan fingerprint density at radius 1 is 1.16 bits per heavy atom. The normalized spacial score (nSPS) is 10.6. The lowest BCUT2D eigenvalue weighted by atomic mass is 10.2. The van der Waals surface area contributed by atoms with Crippen LogP contribution in [0.5, 0.6) is 11.5 Å². The Balaban J connectivity index is 2.56. The van der Waals surface area contributed by atoms with Crippen molar-refractivity contribution in [1.29, 1.82) is 0 Å². The van der Waals surface area contributed by atoms with Gasteiger partial charge in [0.2, 0.25) is 0 Å². The minimum atomic E-state index is 0.529. The summed E-state index contributed by atoms with van der Waals surface area (Å²) < 4.78 is 16.0. The molecule has 1 aromatic rings. The van der Waals surface area contributed by atoms with E-state index in [1.165, 1.54) is 0 Å². The molecule has 108 valence electrons. The van der Waals surface area contributed by atoms with E-state index < -0.39 is 0 Å². The molecule has 1 N–H and O–H groups in total. The molecule has 0 saturated carbocycles. The Kier molecular flexibility index (Phi) is 6.81. The number of nitrogens with one attached hydrogen (secondary N) is 1. The average Bonchev–Trinajstić information content (AvgIpc) is 2.38. The van der Waals surface area contributed by atoms with Gasteiger partial charge in [0.15, 0.2) is 0 Å². The molecule has 0 aromatic heterocycles.